The van der Waals surface area contributed by atoms with E-state index in [-0.39, 0.29) is 12.7 Å². The van der Waals surface area contributed by atoms with Gasteiger partial charge in [-0.1, -0.05) is 13.0 Å². The van der Waals surface area contributed by atoms with E-state index in [0.29, 0.717) is 24.5 Å². The zero-order chi connectivity index (χ0) is 13.4. The third-order valence-electron chi connectivity index (χ3n) is 2.79. The van der Waals surface area contributed by atoms with E-state index in [0.717, 1.165) is 18.4 Å². The molecule has 1 aromatic carbocycles. The minimum Gasteiger partial charge on any atom is -0.493 e. The van der Waals surface area contributed by atoms with Crippen LogP contribution in [0.3, 0.4) is 0 Å². The molecule has 1 rings (SSSR count). The van der Waals surface area contributed by atoms with Gasteiger partial charge in [-0.2, -0.15) is 0 Å². The quantitative estimate of drug-likeness (QED) is 0.726. The molecule has 0 saturated heterocycles. The first kappa shape index (κ1) is 14.8. The van der Waals surface area contributed by atoms with Crippen LogP contribution in [-0.4, -0.2) is 26.4 Å². The van der Waals surface area contributed by atoms with Gasteiger partial charge in [0.1, 0.15) is 0 Å². The summed E-state index contributed by atoms with van der Waals surface area (Å²) in [4.78, 5) is 0. The SMILES string of the molecule is CCC(N)Cc1ccc(OCCCF)c(OC)c1. The van der Waals surface area contributed by atoms with Gasteiger partial charge in [0.15, 0.2) is 11.5 Å². The molecule has 4 heteroatoms. The third kappa shape index (κ3) is 4.53. The summed E-state index contributed by atoms with van der Waals surface area (Å²) in [6.07, 6.45) is 2.15. The first-order chi connectivity index (χ1) is 8.71. The summed E-state index contributed by atoms with van der Waals surface area (Å²) in [5.41, 5.74) is 7.04. The van der Waals surface area contributed by atoms with Crippen molar-refractivity contribution in [3.8, 4) is 11.5 Å². The van der Waals surface area contributed by atoms with Crippen molar-refractivity contribution in [2.45, 2.75) is 32.2 Å². The predicted octanol–water partition coefficient (Wildman–Crippen LogP) is 2.71. The fourth-order valence-corrected chi connectivity index (χ4v) is 1.64. The summed E-state index contributed by atoms with van der Waals surface area (Å²) in [6, 6.07) is 5.92. The molecule has 0 heterocycles. The Bertz CT molecular complexity index is 358. The molecule has 0 aliphatic heterocycles. The second kappa shape index (κ2) is 7.93. The highest BCUT2D eigenvalue weighted by Crippen LogP contribution is 2.28. The molecular weight excluding hydrogens is 233 g/mol. The molecule has 1 unspecified atom stereocenters. The highest BCUT2D eigenvalue weighted by Gasteiger charge is 2.08. The van der Waals surface area contributed by atoms with Gasteiger partial charge in [-0.3, -0.25) is 4.39 Å². The fourth-order valence-electron chi connectivity index (χ4n) is 1.64. The Kier molecular flexibility index (Phi) is 6.50. The Hall–Kier alpha value is -1.29. The van der Waals surface area contributed by atoms with E-state index in [2.05, 4.69) is 6.92 Å². The zero-order valence-corrected chi connectivity index (χ0v) is 11.1. The van der Waals surface area contributed by atoms with Crippen LogP contribution in [0.5, 0.6) is 11.5 Å². The average Bonchev–Trinajstić information content (AvgIpc) is 2.40. The number of nitrogens with two attached hydrogens (primary N) is 1. The summed E-state index contributed by atoms with van der Waals surface area (Å²) in [5, 5.41) is 0. The lowest BCUT2D eigenvalue weighted by Crippen LogP contribution is -2.21. The number of hydrogen-bond donors (Lipinski definition) is 1. The van der Waals surface area contributed by atoms with Crippen molar-refractivity contribution >= 4 is 0 Å². The molecule has 0 amide bonds. The molecule has 102 valence electrons. The first-order valence-electron chi connectivity index (χ1n) is 6.32. The van der Waals surface area contributed by atoms with E-state index < -0.39 is 0 Å². The van der Waals surface area contributed by atoms with E-state index in [4.69, 9.17) is 15.2 Å². The summed E-state index contributed by atoms with van der Waals surface area (Å²) in [6.45, 7) is 2.06. The van der Waals surface area contributed by atoms with Gasteiger partial charge in [0.2, 0.25) is 0 Å². The maximum Gasteiger partial charge on any atom is 0.161 e. The van der Waals surface area contributed by atoms with Gasteiger partial charge in [-0.15, -0.1) is 0 Å². The molecule has 1 aromatic rings. The molecule has 1 atom stereocenters. The van der Waals surface area contributed by atoms with E-state index >= 15 is 0 Å². The maximum absolute atomic E-state index is 12.0. The summed E-state index contributed by atoms with van der Waals surface area (Å²) in [5.74, 6) is 1.33. The Morgan fingerprint density at radius 2 is 2.11 bits per heavy atom. The molecule has 0 bridgehead atoms. The summed E-state index contributed by atoms with van der Waals surface area (Å²) < 4.78 is 22.7. The Balaban J connectivity index is 2.70. The van der Waals surface area contributed by atoms with Crippen molar-refractivity contribution in [3.63, 3.8) is 0 Å². The van der Waals surface area contributed by atoms with Crippen LogP contribution >= 0.6 is 0 Å². The monoisotopic (exact) mass is 255 g/mol. The van der Waals surface area contributed by atoms with Gasteiger partial charge in [-0.25, -0.2) is 0 Å². The van der Waals surface area contributed by atoms with E-state index in [1.165, 1.54) is 0 Å². The second-order valence-electron chi connectivity index (χ2n) is 4.25. The van der Waals surface area contributed by atoms with Crippen LogP contribution in [-0.2, 0) is 6.42 Å². The van der Waals surface area contributed by atoms with Crippen LogP contribution in [0.2, 0.25) is 0 Å². The molecule has 0 spiro atoms. The maximum atomic E-state index is 12.0. The first-order valence-corrected chi connectivity index (χ1v) is 6.32. The number of ether oxygens (including phenoxy) is 2. The number of benzene rings is 1. The van der Waals surface area contributed by atoms with Crippen LogP contribution in [0, 0.1) is 0 Å². The summed E-state index contributed by atoms with van der Waals surface area (Å²) in [7, 11) is 1.60. The van der Waals surface area contributed by atoms with Crippen molar-refractivity contribution in [1.82, 2.24) is 0 Å². The molecule has 0 aliphatic carbocycles. The molecule has 2 N–H and O–H groups in total. The van der Waals surface area contributed by atoms with Crippen LogP contribution in [0.15, 0.2) is 18.2 Å². The lowest BCUT2D eigenvalue weighted by atomic mass is 10.0. The number of methoxy groups -OCH3 is 1. The number of alkyl halides is 1. The zero-order valence-electron chi connectivity index (χ0n) is 11.1. The standard InChI is InChI=1S/C14H22FNO2/c1-3-12(16)9-11-5-6-13(14(10-11)17-2)18-8-4-7-15/h5-6,10,12H,3-4,7-9,16H2,1-2H3. The second-order valence-corrected chi connectivity index (χ2v) is 4.25. The molecule has 0 aliphatic rings. The normalized spacial score (nSPS) is 12.2. The molecule has 0 aromatic heterocycles. The minimum atomic E-state index is -0.369. The lowest BCUT2D eigenvalue weighted by Gasteiger charge is -2.13. The van der Waals surface area contributed by atoms with Crippen molar-refractivity contribution in [2.75, 3.05) is 20.4 Å². The Labute approximate surface area is 108 Å². The molecule has 0 saturated carbocycles. The fraction of sp³-hybridized carbons (Fsp3) is 0.571. The van der Waals surface area contributed by atoms with Crippen LogP contribution < -0.4 is 15.2 Å². The van der Waals surface area contributed by atoms with Gasteiger partial charge in [0.05, 0.1) is 20.4 Å². The third-order valence-corrected chi connectivity index (χ3v) is 2.79. The van der Waals surface area contributed by atoms with Crippen molar-refractivity contribution in [2.24, 2.45) is 5.73 Å². The van der Waals surface area contributed by atoms with Gasteiger partial charge in [0, 0.05) is 12.5 Å². The van der Waals surface area contributed by atoms with Crippen LogP contribution in [0.4, 0.5) is 4.39 Å². The molecular formula is C14H22FNO2. The van der Waals surface area contributed by atoms with Gasteiger partial charge < -0.3 is 15.2 Å². The number of hydrogen-bond acceptors (Lipinski definition) is 3. The highest BCUT2D eigenvalue weighted by molar-refractivity contribution is 5.43. The van der Waals surface area contributed by atoms with Crippen molar-refractivity contribution in [1.29, 1.82) is 0 Å². The largest absolute Gasteiger partial charge is 0.493 e. The molecule has 3 nitrogen and oxygen atoms in total. The smallest absolute Gasteiger partial charge is 0.161 e. The van der Waals surface area contributed by atoms with Gasteiger partial charge in [-0.05, 0) is 30.5 Å². The van der Waals surface area contributed by atoms with Gasteiger partial charge >= 0.3 is 0 Å². The van der Waals surface area contributed by atoms with E-state index in [1.807, 2.05) is 18.2 Å². The Morgan fingerprint density at radius 3 is 2.72 bits per heavy atom. The van der Waals surface area contributed by atoms with Gasteiger partial charge in [0.25, 0.3) is 0 Å². The lowest BCUT2D eigenvalue weighted by molar-refractivity contribution is 0.273. The molecule has 0 radical (unpaired) electrons. The highest BCUT2D eigenvalue weighted by atomic mass is 19.1. The average molecular weight is 255 g/mol. The van der Waals surface area contributed by atoms with Crippen molar-refractivity contribution < 1.29 is 13.9 Å². The van der Waals surface area contributed by atoms with Crippen molar-refractivity contribution in [3.05, 3.63) is 23.8 Å². The van der Waals surface area contributed by atoms with E-state index in [1.54, 1.807) is 7.11 Å². The molecule has 0 fully saturated rings. The van der Waals surface area contributed by atoms with E-state index in [9.17, 15) is 4.39 Å². The number of rotatable bonds is 8. The summed E-state index contributed by atoms with van der Waals surface area (Å²) >= 11 is 0. The Morgan fingerprint density at radius 1 is 1.33 bits per heavy atom. The minimum absolute atomic E-state index is 0.160. The van der Waals surface area contributed by atoms with Crippen LogP contribution in [0.25, 0.3) is 0 Å². The topological polar surface area (TPSA) is 44.5 Å². The molecule has 18 heavy (non-hydrogen) atoms. The van der Waals surface area contributed by atoms with Crippen LogP contribution in [0.1, 0.15) is 25.3 Å². The number of halogens is 1. The predicted molar refractivity (Wildman–Crippen MR) is 71.1 cm³/mol.